The Bertz CT molecular complexity index is 812. The predicted octanol–water partition coefficient (Wildman–Crippen LogP) is 2.61. The molecule has 0 aliphatic carbocycles. The average Bonchev–Trinajstić information content (AvgIpc) is 3.20. The lowest BCUT2D eigenvalue weighted by molar-refractivity contribution is 0.0944. The number of hydrogen-bond acceptors (Lipinski definition) is 6. The Morgan fingerprint density at radius 2 is 2.10 bits per heavy atom. The summed E-state index contributed by atoms with van der Waals surface area (Å²) >= 11 is 0. The molecule has 8 heteroatoms. The van der Waals surface area contributed by atoms with E-state index >= 15 is 0 Å². The van der Waals surface area contributed by atoms with E-state index in [9.17, 15) is 9.90 Å². The quantitative estimate of drug-likeness (QED) is 0.706. The second-order valence-corrected chi connectivity index (χ2v) is 7.89. The third kappa shape index (κ3) is 5.47. The number of rotatable bonds is 8. The second kappa shape index (κ2) is 9.73. The molecule has 1 aromatic heterocycles. The molecule has 0 bridgehead atoms. The minimum Gasteiger partial charge on any atom is -0.504 e. The van der Waals surface area contributed by atoms with Crippen LogP contribution in [-0.4, -0.2) is 57.1 Å². The number of phenolic OH excluding ortho intramolecular Hbond substituents is 1. The minimum absolute atomic E-state index is 0.174. The van der Waals surface area contributed by atoms with Crippen LogP contribution < -0.4 is 10.1 Å². The zero-order valence-electron chi connectivity index (χ0n) is 17.5. The number of phenols is 1. The van der Waals surface area contributed by atoms with Crippen molar-refractivity contribution in [2.24, 2.45) is 5.92 Å². The number of aromatic hydroxyl groups is 1. The van der Waals surface area contributed by atoms with Gasteiger partial charge < -0.3 is 15.2 Å². The molecule has 2 aromatic rings. The molecule has 1 aliphatic rings. The Morgan fingerprint density at radius 3 is 2.79 bits per heavy atom. The number of nitrogens with one attached hydrogen (secondary N) is 1. The fourth-order valence-electron chi connectivity index (χ4n) is 3.50. The van der Waals surface area contributed by atoms with Gasteiger partial charge in [0.15, 0.2) is 17.2 Å². The molecular formula is C21H31N5O3. The Labute approximate surface area is 171 Å². The van der Waals surface area contributed by atoms with Crippen molar-refractivity contribution in [3.8, 4) is 11.5 Å². The molecule has 0 unspecified atom stereocenters. The number of amides is 1. The number of para-hydroxylation sites is 1. The van der Waals surface area contributed by atoms with Gasteiger partial charge in [0, 0.05) is 31.7 Å². The molecule has 1 saturated heterocycles. The molecule has 1 amide bonds. The number of piperidine rings is 1. The lowest BCUT2D eigenvalue weighted by Gasteiger charge is -2.32. The Kier molecular flexibility index (Phi) is 7.09. The number of carbonyl (C=O) groups is 1. The lowest BCUT2D eigenvalue weighted by Crippen LogP contribution is -2.34. The van der Waals surface area contributed by atoms with Crippen molar-refractivity contribution in [2.75, 3.05) is 26.2 Å². The van der Waals surface area contributed by atoms with Gasteiger partial charge in [0.2, 0.25) is 0 Å². The smallest absolute Gasteiger partial charge is 0.273 e. The van der Waals surface area contributed by atoms with E-state index in [0.717, 1.165) is 31.5 Å². The largest absolute Gasteiger partial charge is 0.504 e. The third-order valence-electron chi connectivity index (χ3n) is 5.12. The van der Waals surface area contributed by atoms with Crippen molar-refractivity contribution >= 4 is 5.91 Å². The maximum absolute atomic E-state index is 12.1. The lowest BCUT2D eigenvalue weighted by atomic mass is 10.0. The number of nitrogens with zero attached hydrogens (tertiary/aromatic N) is 4. The van der Waals surface area contributed by atoms with Crippen LogP contribution in [0, 0.1) is 5.92 Å². The van der Waals surface area contributed by atoms with E-state index in [-0.39, 0.29) is 17.7 Å². The molecule has 0 spiro atoms. The second-order valence-electron chi connectivity index (χ2n) is 7.89. The number of carbonyl (C=O) groups excluding carboxylic acids is 1. The van der Waals surface area contributed by atoms with Crippen LogP contribution in [0.2, 0.25) is 0 Å². The molecular weight excluding hydrogens is 370 g/mol. The number of likely N-dealkylation sites (tertiary alicyclic amines) is 1. The molecule has 0 atom stereocenters. The molecule has 1 aromatic carbocycles. The number of aromatic nitrogens is 3. The highest BCUT2D eigenvalue weighted by molar-refractivity contribution is 5.91. The molecule has 2 heterocycles. The topological polar surface area (TPSA) is 92.5 Å². The van der Waals surface area contributed by atoms with Gasteiger partial charge in [-0.15, -0.1) is 5.10 Å². The summed E-state index contributed by atoms with van der Waals surface area (Å²) in [6.07, 6.45) is 3.58. The average molecular weight is 402 g/mol. The molecule has 3 rings (SSSR count). The van der Waals surface area contributed by atoms with Crippen LogP contribution in [0.3, 0.4) is 0 Å². The molecule has 1 aliphatic heterocycles. The van der Waals surface area contributed by atoms with Gasteiger partial charge in [-0.3, -0.25) is 9.69 Å². The van der Waals surface area contributed by atoms with Gasteiger partial charge in [0.05, 0.1) is 18.8 Å². The van der Waals surface area contributed by atoms with E-state index in [0.29, 0.717) is 37.1 Å². The molecule has 2 N–H and O–H groups in total. The zero-order valence-corrected chi connectivity index (χ0v) is 17.5. The summed E-state index contributed by atoms with van der Waals surface area (Å²) < 4.78 is 7.29. The van der Waals surface area contributed by atoms with Crippen LogP contribution in [0.5, 0.6) is 11.5 Å². The number of ether oxygens (including phenoxy) is 1. The fraction of sp³-hybridized carbons (Fsp3) is 0.571. The zero-order chi connectivity index (χ0) is 20.8. The molecule has 8 nitrogen and oxygen atoms in total. The van der Waals surface area contributed by atoms with E-state index in [1.165, 1.54) is 0 Å². The van der Waals surface area contributed by atoms with Crippen molar-refractivity contribution in [2.45, 2.75) is 46.2 Å². The SMILES string of the molecule is CCOc1cccc(CN2CCC(n3cc(C(=O)NCC(C)C)nn3)CC2)c1O. The Hall–Kier alpha value is -2.61. The Morgan fingerprint density at radius 1 is 1.34 bits per heavy atom. The molecule has 1 fully saturated rings. The maximum atomic E-state index is 12.1. The van der Waals surface area contributed by atoms with Crippen molar-refractivity contribution in [3.63, 3.8) is 0 Å². The standard InChI is InChI=1S/C21H31N5O3/c1-4-29-19-7-5-6-16(20(19)27)13-25-10-8-17(9-11-25)26-14-18(23-24-26)21(28)22-12-15(2)3/h5-7,14-15,17,27H,4,8-13H2,1-3H3,(H,22,28). The van der Waals surface area contributed by atoms with Crippen LogP contribution in [-0.2, 0) is 6.54 Å². The van der Waals surface area contributed by atoms with Gasteiger partial charge in [-0.05, 0) is 31.7 Å². The first kappa shape index (κ1) is 21.1. The van der Waals surface area contributed by atoms with E-state index in [2.05, 4.69) is 34.4 Å². The molecule has 0 radical (unpaired) electrons. The fourth-order valence-corrected chi connectivity index (χ4v) is 3.50. The highest BCUT2D eigenvalue weighted by Crippen LogP contribution is 2.32. The van der Waals surface area contributed by atoms with Crippen molar-refractivity contribution in [3.05, 3.63) is 35.7 Å². The first-order chi connectivity index (χ1) is 14.0. The normalized spacial score (nSPS) is 15.6. The van der Waals surface area contributed by atoms with Gasteiger partial charge in [-0.2, -0.15) is 0 Å². The summed E-state index contributed by atoms with van der Waals surface area (Å²) in [5, 5.41) is 21.5. The highest BCUT2D eigenvalue weighted by atomic mass is 16.5. The summed E-state index contributed by atoms with van der Waals surface area (Å²) in [6, 6.07) is 5.86. The van der Waals surface area contributed by atoms with E-state index in [1.807, 2.05) is 23.7 Å². The van der Waals surface area contributed by atoms with Gasteiger partial charge in [0.1, 0.15) is 0 Å². The van der Waals surface area contributed by atoms with Gasteiger partial charge >= 0.3 is 0 Å². The summed E-state index contributed by atoms with van der Waals surface area (Å²) in [7, 11) is 0. The van der Waals surface area contributed by atoms with Crippen LogP contribution >= 0.6 is 0 Å². The summed E-state index contributed by atoms with van der Waals surface area (Å²) in [5.74, 6) is 0.981. The maximum Gasteiger partial charge on any atom is 0.273 e. The van der Waals surface area contributed by atoms with E-state index in [1.54, 1.807) is 12.3 Å². The van der Waals surface area contributed by atoms with Gasteiger partial charge in [-0.25, -0.2) is 4.68 Å². The van der Waals surface area contributed by atoms with Crippen molar-refractivity contribution < 1.29 is 14.6 Å². The Balaban J connectivity index is 1.53. The number of benzene rings is 1. The predicted molar refractivity (Wildman–Crippen MR) is 110 cm³/mol. The number of hydrogen-bond donors (Lipinski definition) is 2. The molecule has 29 heavy (non-hydrogen) atoms. The monoisotopic (exact) mass is 401 g/mol. The first-order valence-electron chi connectivity index (χ1n) is 10.3. The summed E-state index contributed by atoms with van der Waals surface area (Å²) in [4.78, 5) is 14.5. The summed E-state index contributed by atoms with van der Waals surface area (Å²) in [6.45, 7) is 9.62. The van der Waals surface area contributed by atoms with Crippen LogP contribution in [0.15, 0.2) is 24.4 Å². The van der Waals surface area contributed by atoms with Crippen LogP contribution in [0.25, 0.3) is 0 Å². The van der Waals surface area contributed by atoms with Gasteiger partial charge in [-0.1, -0.05) is 31.2 Å². The third-order valence-corrected chi connectivity index (χ3v) is 5.12. The summed E-state index contributed by atoms with van der Waals surface area (Å²) in [5.41, 5.74) is 1.24. The van der Waals surface area contributed by atoms with E-state index < -0.39 is 0 Å². The van der Waals surface area contributed by atoms with Crippen LogP contribution in [0.1, 0.15) is 55.7 Å². The van der Waals surface area contributed by atoms with Crippen LogP contribution in [0.4, 0.5) is 0 Å². The van der Waals surface area contributed by atoms with E-state index in [4.69, 9.17) is 4.74 Å². The minimum atomic E-state index is -0.174. The van der Waals surface area contributed by atoms with Crippen molar-refractivity contribution in [1.29, 1.82) is 0 Å². The molecule has 158 valence electrons. The first-order valence-corrected chi connectivity index (χ1v) is 10.3. The van der Waals surface area contributed by atoms with Crippen molar-refractivity contribution in [1.82, 2.24) is 25.2 Å². The van der Waals surface area contributed by atoms with Gasteiger partial charge in [0.25, 0.3) is 5.91 Å². The highest BCUT2D eigenvalue weighted by Gasteiger charge is 2.23. The molecule has 0 saturated carbocycles.